The lowest BCUT2D eigenvalue weighted by molar-refractivity contribution is -0.138. The zero-order valence-corrected chi connectivity index (χ0v) is 14.7. The van der Waals surface area contributed by atoms with Crippen LogP contribution in [-0.4, -0.2) is 7.11 Å². The molecule has 0 amide bonds. The van der Waals surface area contributed by atoms with Crippen molar-refractivity contribution in [1.29, 1.82) is 0 Å². The Labute approximate surface area is 154 Å². The van der Waals surface area contributed by atoms with Gasteiger partial charge in [-0.25, -0.2) is 0 Å². The second-order valence-electron chi connectivity index (χ2n) is 6.60. The number of hydrogen-bond acceptors (Lipinski definition) is 2. The minimum Gasteiger partial charge on any atom is -0.495 e. The van der Waals surface area contributed by atoms with Crippen molar-refractivity contribution in [2.45, 2.75) is 24.6 Å². The van der Waals surface area contributed by atoms with Crippen molar-refractivity contribution < 1.29 is 17.9 Å². The third-order valence-electron chi connectivity index (χ3n) is 5.25. The fourth-order valence-corrected chi connectivity index (χ4v) is 4.43. The fraction of sp³-hybridized carbons (Fsp3) is 0.300. The van der Waals surface area contributed by atoms with Crippen LogP contribution in [0, 0.1) is 5.92 Å². The molecule has 0 spiro atoms. The number of ether oxygens (including phenoxy) is 1. The summed E-state index contributed by atoms with van der Waals surface area (Å²) in [4.78, 5) is 0. The van der Waals surface area contributed by atoms with Gasteiger partial charge in [-0.2, -0.15) is 13.2 Å². The van der Waals surface area contributed by atoms with Gasteiger partial charge in [0.2, 0.25) is 0 Å². The number of halogens is 4. The van der Waals surface area contributed by atoms with Crippen LogP contribution >= 0.6 is 11.6 Å². The number of alkyl halides is 3. The predicted octanol–water partition coefficient (Wildman–Crippen LogP) is 6.19. The molecule has 0 aromatic heterocycles. The first kappa shape index (κ1) is 17.3. The van der Waals surface area contributed by atoms with Crippen molar-refractivity contribution in [3.8, 4) is 5.75 Å². The number of allylic oxidation sites excluding steroid dienone is 2. The van der Waals surface area contributed by atoms with Crippen molar-refractivity contribution >= 4 is 17.3 Å². The molecule has 136 valence electrons. The highest BCUT2D eigenvalue weighted by molar-refractivity contribution is 6.32. The summed E-state index contributed by atoms with van der Waals surface area (Å²) in [6, 6.07) is 8.79. The lowest BCUT2D eigenvalue weighted by Crippen LogP contribution is -2.31. The topological polar surface area (TPSA) is 21.3 Å². The summed E-state index contributed by atoms with van der Waals surface area (Å²) in [7, 11) is 1.54. The Morgan fingerprint density at radius 2 is 1.92 bits per heavy atom. The maximum absolute atomic E-state index is 13.6. The summed E-state index contributed by atoms with van der Waals surface area (Å²) < 4.78 is 46.1. The summed E-state index contributed by atoms with van der Waals surface area (Å²) in [6.07, 6.45) is 0.351. The fourth-order valence-electron chi connectivity index (χ4n) is 4.14. The van der Waals surface area contributed by atoms with Crippen LogP contribution in [-0.2, 0) is 6.18 Å². The Kier molecular flexibility index (Phi) is 4.14. The van der Waals surface area contributed by atoms with E-state index < -0.39 is 17.8 Å². The van der Waals surface area contributed by atoms with Crippen molar-refractivity contribution in [2.75, 3.05) is 12.4 Å². The smallest absolute Gasteiger partial charge is 0.416 e. The van der Waals surface area contributed by atoms with E-state index in [0.29, 0.717) is 22.9 Å². The van der Waals surface area contributed by atoms with Gasteiger partial charge in [0.05, 0.1) is 24.4 Å². The Balaban J connectivity index is 1.88. The van der Waals surface area contributed by atoms with E-state index in [1.54, 1.807) is 31.4 Å². The third kappa shape index (κ3) is 2.65. The second-order valence-corrected chi connectivity index (χ2v) is 7.01. The molecule has 2 aliphatic rings. The van der Waals surface area contributed by atoms with Gasteiger partial charge in [-0.15, -0.1) is 0 Å². The summed E-state index contributed by atoms with van der Waals surface area (Å²) in [5, 5.41) is 3.90. The Morgan fingerprint density at radius 1 is 1.15 bits per heavy atom. The number of methoxy groups -OCH3 is 1. The zero-order chi connectivity index (χ0) is 18.5. The van der Waals surface area contributed by atoms with Gasteiger partial charge >= 0.3 is 6.18 Å². The molecule has 0 bridgehead atoms. The molecule has 2 nitrogen and oxygen atoms in total. The summed E-state index contributed by atoms with van der Waals surface area (Å²) in [6.45, 7) is 0. The van der Waals surface area contributed by atoms with Crippen molar-refractivity contribution in [2.24, 2.45) is 5.92 Å². The van der Waals surface area contributed by atoms with Crippen LogP contribution in [0.2, 0.25) is 5.02 Å². The number of fused-ring (bicyclic) bond motifs is 3. The molecule has 1 heterocycles. The first-order valence-corrected chi connectivity index (χ1v) is 8.75. The lowest BCUT2D eigenvalue weighted by Gasteiger charge is -2.39. The van der Waals surface area contributed by atoms with E-state index in [0.717, 1.165) is 11.6 Å². The van der Waals surface area contributed by atoms with E-state index in [1.165, 1.54) is 6.07 Å². The molecule has 0 saturated heterocycles. The molecule has 3 atom stereocenters. The zero-order valence-electron chi connectivity index (χ0n) is 14.0. The summed E-state index contributed by atoms with van der Waals surface area (Å²) in [5.74, 6) is 0.508. The van der Waals surface area contributed by atoms with Gasteiger partial charge in [-0.1, -0.05) is 42.0 Å². The van der Waals surface area contributed by atoms with E-state index in [1.807, 2.05) is 12.2 Å². The molecule has 4 rings (SSSR count). The van der Waals surface area contributed by atoms with Gasteiger partial charge in [0.15, 0.2) is 0 Å². The molecular formula is C20H17ClF3NO. The largest absolute Gasteiger partial charge is 0.495 e. The molecule has 0 unspecified atom stereocenters. The number of nitrogens with one attached hydrogen (secondary N) is 1. The first-order chi connectivity index (χ1) is 12.4. The van der Waals surface area contributed by atoms with Gasteiger partial charge in [0, 0.05) is 16.5 Å². The van der Waals surface area contributed by atoms with E-state index >= 15 is 0 Å². The molecule has 0 fully saturated rings. The maximum Gasteiger partial charge on any atom is 0.416 e. The predicted molar refractivity (Wildman–Crippen MR) is 95.8 cm³/mol. The van der Waals surface area contributed by atoms with Crippen LogP contribution in [0.4, 0.5) is 18.9 Å². The SMILES string of the molecule is COc1ccc(Cl)c2c1N[C@H](c1ccccc1C(F)(F)F)[C@@H]1CC=C[C@@H]21. The summed E-state index contributed by atoms with van der Waals surface area (Å²) in [5.41, 5.74) is 1.22. The molecular weight excluding hydrogens is 363 g/mol. The minimum absolute atomic E-state index is 0.0318. The highest BCUT2D eigenvalue weighted by Crippen LogP contribution is 2.55. The molecule has 1 aliphatic carbocycles. The Hall–Kier alpha value is -2.14. The quantitative estimate of drug-likeness (QED) is 0.628. The standard InChI is InChI=1S/C20H17ClF3NO/c1-26-16-10-9-15(21)17-11-6-4-7-12(11)18(25-19(16)17)13-5-2-3-8-14(13)20(22,23)24/h2-6,8-12,18,25H,7H2,1H3/t11-,12-,18+/m1/s1. The number of anilines is 1. The van der Waals surface area contributed by atoms with Gasteiger partial charge in [-0.05, 0) is 36.1 Å². The second kappa shape index (κ2) is 6.23. The van der Waals surface area contributed by atoms with E-state index in [9.17, 15) is 13.2 Å². The highest BCUT2D eigenvalue weighted by atomic mass is 35.5. The van der Waals surface area contributed by atoms with Crippen molar-refractivity contribution in [3.05, 3.63) is 70.3 Å². The minimum atomic E-state index is -4.40. The number of hydrogen-bond donors (Lipinski definition) is 1. The number of benzene rings is 2. The van der Waals surface area contributed by atoms with Gasteiger partial charge in [0.1, 0.15) is 5.75 Å². The van der Waals surface area contributed by atoms with E-state index in [2.05, 4.69) is 5.32 Å². The average Bonchev–Trinajstić information content (AvgIpc) is 3.10. The highest BCUT2D eigenvalue weighted by Gasteiger charge is 2.43. The normalized spacial score (nSPS) is 24.0. The average molecular weight is 380 g/mol. The van der Waals surface area contributed by atoms with Crippen LogP contribution in [0.3, 0.4) is 0 Å². The first-order valence-electron chi connectivity index (χ1n) is 8.37. The van der Waals surface area contributed by atoms with Gasteiger partial charge in [0.25, 0.3) is 0 Å². The van der Waals surface area contributed by atoms with Gasteiger partial charge in [-0.3, -0.25) is 0 Å². The monoisotopic (exact) mass is 379 g/mol. The van der Waals surface area contributed by atoms with Crippen LogP contribution in [0.5, 0.6) is 5.75 Å². The lowest BCUT2D eigenvalue weighted by atomic mass is 9.76. The van der Waals surface area contributed by atoms with Gasteiger partial charge < -0.3 is 10.1 Å². The molecule has 1 N–H and O–H groups in total. The molecule has 2 aromatic carbocycles. The maximum atomic E-state index is 13.6. The Morgan fingerprint density at radius 3 is 2.65 bits per heavy atom. The van der Waals surface area contributed by atoms with Crippen molar-refractivity contribution in [3.63, 3.8) is 0 Å². The molecule has 0 saturated carbocycles. The van der Waals surface area contributed by atoms with E-state index in [4.69, 9.17) is 16.3 Å². The van der Waals surface area contributed by atoms with Crippen LogP contribution in [0.25, 0.3) is 0 Å². The Bertz CT molecular complexity index is 878. The van der Waals surface area contributed by atoms with Crippen LogP contribution in [0.15, 0.2) is 48.6 Å². The van der Waals surface area contributed by atoms with E-state index in [-0.39, 0.29) is 17.4 Å². The molecule has 2 aromatic rings. The molecule has 26 heavy (non-hydrogen) atoms. The number of rotatable bonds is 2. The molecule has 1 aliphatic heterocycles. The van der Waals surface area contributed by atoms with Crippen LogP contribution in [0.1, 0.15) is 35.1 Å². The summed E-state index contributed by atoms with van der Waals surface area (Å²) >= 11 is 6.43. The van der Waals surface area contributed by atoms with Crippen molar-refractivity contribution in [1.82, 2.24) is 0 Å². The molecule has 0 radical (unpaired) electrons. The third-order valence-corrected chi connectivity index (χ3v) is 5.58. The van der Waals surface area contributed by atoms with Crippen LogP contribution < -0.4 is 10.1 Å². The molecule has 6 heteroatoms.